The van der Waals surface area contributed by atoms with E-state index in [-0.39, 0.29) is 18.4 Å². The number of aromatic nitrogens is 1. The average molecular weight is 380 g/mol. The van der Waals surface area contributed by atoms with Gasteiger partial charge in [0.2, 0.25) is 11.8 Å². The van der Waals surface area contributed by atoms with E-state index in [2.05, 4.69) is 11.1 Å². The summed E-state index contributed by atoms with van der Waals surface area (Å²) in [5.41, 5.74) is 4.09. The van der Waals surface area contributed by atoms with E-state index in [0.717, 1.165) is 27.7 Å². The molecular weight excluding hydrogens is 362 g/mol. The maximum atomic E-state index is 13.2. The molecule has 0 bridgehead atoms. The number of carbonyl (C=O) groups excluding carboxylic acids is 2. The first-order valence-electron chi connectivity index (χ1n) is 9.02. The maximum absolute atomic E-state index is 13.2. The zero-order valence-corrected chi connectivity index (χ0v) is 15.4. The first-order valence-corrected chi connectivity index (χ1v) is 9.40. The van der Waals surface area contributed by atoms with E-state index in [1.54, 1.807) is 15.9 Å². The fraction of sp³-hybridized carbons (Fsp3) is 0.238. The zero-order chi connectivity index (χ0) is 18.5. The molecule has 5 nitrogen and oxygen atoms in total. The molecule has 2 aliphatic heterocycles. The topological polar surface area (TPSA) is 56.4 Å². The van der Waals surface area contributed by atoms with Crippen molar-refractivity contribution in [2.24, 2.45) is 0 Å². The second-order valence-corrected chi connectivity index (χ2v) is 7.56. The van der Waals surface area contributed by atoms with E-state index >= 15 is 0 Å². The Morgan fingerprint density at radius 2 is 1.81 bits per heavy atom. The summed E-state index contributed by atoms with van der Waals surface area (Å²) in [6, 6.07) is 15.1. The third kappa shape index (κ3) is 2.61. The second-order valence-electron chi connectivity index (χ2n) is 7.15. The molecule has 0 radical (unpaired) electrons. The van der Waals surface area contributed by atoms with Gasteiger partial charge < -0.3 is 14.8 Å². The fourth-order valence-corrected chi connectivity index (χ4v) is 4.39. The van der Waals surface area contributed by atoms with E-state index in [1.807, 2.05) is 36.4 Å². The molecule has 3 heterocycles. The van der Waals surface area contributed by atoms with Crippen LogP contribution in [-0.4, -0.2) is 39.2 Å². The minimum absolute atomic E-state index is 0.00884. The quantitative estimate of drug-likeness (QED) is 0.743. The van der Waals surface area contributed by atoms with Crippen LogP contribution in [0.5, 0.6) is 0 Å². The molecule has 27 heavy (non-hydrogen) atoms. The summed E-state index contributed by atoms with van der Waals surface area (Å²) in [7, 11) is 0. The number of piperazine rings is 1. The number of H-pyrrole nitrogens is 1. The SMILES string of the molecule is O=C1[C@H]2Cc3c([nH]c4ccccc34)CN2C(=O)CN1Cc1ccccc1Cl. The van der Waals surface area contributed by atoms with E-state index in [4.69, 9.17) is 11.6 Å². The standard InChI is InChI=1S/C21H18ClN3O2/c22-16-7-3-1-5-13(16)10-24-12-20(26)25-11-18-15(9-19(25)21(24)27)14-6-2-4-8-17(14)23-18/h1-8,19,23H,9-12H2/t19-/m1/s1. The molecule has 6 heteroatoms. The number of para-hydroxylation sites is 1. The third-order valence-corrected chi connectivity index (χ3v) is 5.94. The summed E-state index contributed by atoms with van der Waals surface area (Å²) >= 11 is 6.25. The van der Waals surface area contributed by atoms with Crippen LogP contribution in [0, 0.1) is 0 Å². The lowest BCUT2D eigenvalue weighted by molar-refractivity contribution is -0.157. The molecule has 1 N–H and O–H groups in total. The van der Waals surface area contributed by atoms with Crippen LogP contribution in [0.25, 0.3) is 10.9 Å². The number of nitrogens with one attached hydrogen (secondary N) is 1. The highest BCUT2D eigenvalue weighted by atomic mass is 35.5. The Morgan fingerprint density at radius 3 is 2.67 bits per heavy atom. The molecule has 2 amide bonds. The minimum atomic E-state index is -0.444. The Balaban J connectivity index is 1.48. The van der Waals surface area contributed by atoms with Gasteiger partial charge in [-0.2, -0.15) is 0 Å². The molecule has 0 spiro atoms. The van der Waals surface area contributed by atoms with Gasteiger partial charge in [0, 0.05) is 34.6 Å². The molecular formula is C21H18ClN3O2. The van der Waals surface area contributed by atoms with Gasteiger partial charge in [-0.3, -0.25) is 9.59 Å². The number of aromatic amines is 1. The number of fused-ring (bicyclic) bond motifs is 4. The minimum Gasteiger partial charge on any atom is -0.357 e. The summed E-state index contributed by atoms with van der Waals surface area (Å²) in [6.07, 6.45) is 0.545. The van der Waals surface area contributed by atoms with Crippen LogP contribution < -0.4 is 0 Å². The molecule has 3 aromatic rings. The Bertz CT molecular complexity index is 1070. The zero-order valence-electron chi connectivity index (χ0n) is 14.6. The van der Waals surface area contributed by atoms with Crippen LogP contribution >= 0.6 is 11.6 Å². The van der Waals surface area contributed by atoms with Crippen LogP contribution in [0.3, 0.4) is 0 Å². The van der Waals surface area contributed by atoms with Crippen molar-refractivity contribution < 1.29 is 9.59 Å². The first-order chi connectivity index (χ1) is 13.1. The summed E-state index contributed by atoms with van der Waals surface area (Å²) in [4.78, 5) is 32.7. The number of benzene rings is 2. The maximum Gasteiger partial charge on any atom is 0.246 e. The predicted octanol–water partition coefficient (Wildman–Crippen LogP) is 3.12. The molecule has 2 aromatic carbocycles. The van der Waals surface area contributed by atoms with Gasteiger partial charge in [-0.05, 0) is 23.3 Å². The average Bonchev–Trinajstić information content (AvgIpc) is 3.04. The Kier molecular flexibility index (Phi) is 3.72. The Morgan fingerprint density at radius 1 is 1.04 bits per heavy atom. The number of rotatable bonds is 2. The highest BCUT2D eigenvalue weighted by Crippen LogP contribution is 2.33. The van der Waals surface area contributed by atoms with Gasteiger partial charge in [-0.1, -0.05) is 48.0 Å². The van der Waals surface area contributed by atoms with Crippen LogP contribution in [0.1, 0.15) is 16.8 Å². The molecule has 1 saturated heterocycles. The van der Waals surface area contributed by atoms with Crippen molar-refractivity contribution in [3.05, 3.63) is 70.4 Å². The van der Waals surface area contributed by atoms with Gasteiger partial charge in [0.05, 0.1) is 6.54 Å². The van der Waals surface area contributed by atoms with Gasteiger partial charge in [0.1, 0.15) is 12.6 Å². The van der Waals surface area contributed by atoms with Gasteiger partial charge in [-0.25, -0.2) is 0 Å². The molecule has 2 aliphatic rings. The number of halogens is 1. The van der Waals surface area contributed by atoms with Gasteiger partial charge in [-0.15, -0.1) is 0 Å². The van der Waals surface area contributed by atoms with Crippen LogP contribution in [0.15, 0.2) is 48.5 Å². The number of nitrogens with zero attached hydrogens (tertiary/aromatic N) is 2. The molecule has 5 rings (SSSR count). The van der Waals surface area contributed by atoms with Crippen LogP contribution in [0.2, 0.25) is 5.02 Å². The lowest BCUT2D eigenvalue weighted by Crippen LogP contribution is -2.61. The number of hydrogen-bond acceptors (Lipinski definition) is 2. The predicted molar refractivity (Wildman–Crippen MR) is 103 cm³/mol. The van der Waals surface area contributed by atoms with E-state index in [0.29, 0.717) is 24.5 Å². The van der Waals surface area contributed by atoms with Crippen molar-refractivity contribution in [2.45, 2.75) is 25.6 Å². The highest BCUT2D eigenvalue weighted by Gasteiger charge is 2.43. The van der Waals surface area contributed by atoms with E-state index in [9.17, 15) is 9.59 Å². The van der Waals surface area contributed by atoms with Gasteiger partial charge in [0.15, 0.2) is 0 Å². The fourth-order valence-electron chi connectivity index (χ4n) is 4.20. The summed E-state index contributed by atoms with van der Waals surface area (Å²) in [5.74, 6) is -0.0265. The highest BCUT2D eigenvalue weighted by molar-refractivity contribution is 6.31. The van der Waals surface area contributed by atoms with Crippen molar-refractivity contribution in [1.82, 2.24) is 14.8 Å². The smallest absolute Gasteiger partial charge is 0.246 e. The Hall–Kier alpha value is -2.79. The molecule has 1 aromatic heterocycles. The molecule has 0 saturated carbocycles. The van der Waals surface area contributed by atoms with Crippen molar-refractivity contribution in [1.29, 1.82) is 0 Å². The van der Waals surface area contributed by atoms with Crippen molar-refractivity contribution in [3.8, 4) is 0 Å². The summed E-state index contributed by atoms with van der Waals surface area (Å²) in [6.45, 7) is 0.907. The van der Waals surface area contributed by atoms with Crippen LogP contribution in [-0.2, 0) is 29.1 Å². The lowest BCUT2D eigenvalue weighted by atomic mass is 9.93. The normalized spacial score (nSPS) is 19.4. The van der Waals surface area contributed by atoms with Gasteiger partial charge in [0.25, 0.3) is 0 Å². The molecule has 1 fully saturated rings. The second kappa shape index (κ2) is 6.13. The number of carbonyl (C=O) groups is 2. The van der Waals surface area contributed by atoms with Crippen molar-refractivity contribution in [2.75, 3.05) is 6.54 Å². The molecule has 136 valence electrons. The lowest BCUT2D eigenvalue weighted by Gasteiger charge is -2.42. The van der Waals surface area contributed by atoms with Gasteiger partial charge >= 0.3 is 0 Å². The molecule has 0 unspecified atom stereocenters. The first kappa shape index (κ1) is 16.4. The summed E-state index contributed by atoms with van der Waals surface area (Å²) in [5, 5.41) is 1.75. The van der Waals surface area contributed by atoms with Crippen molar-refractivity contribution >= 4 is 34.3 Å². The monoisotopic (exact) mass is 379 g/mol. The largest absolute Gasteiger partial charge is 0.357 e. The van der Waals surface area contributed by atoms with E-state index < -0.39 is 6.04 Å². The number of amides is 2. The number of hydrogen-bond donors (Lipinski definition) is 1. The van der Waals surface area contributed by atoms with Crippen LogP contribution in [0.4, 0.5) is 0 Å². The molecule has 0 aliphatic carbocycles. The Labute approximate surface area is 161 Å². The third-order valence-electron chi connectivity index (χ3n) is 5.57. The molecule has 1 atom stereocenters. The summed E-state index contributed by atoms with van der Waals surface area (Å²) < 4.78 is 0. The van der Waals surface area contributed by atoms with E-state index in [1.165, 1.54) is 0 Å². The van der Waals surface area contributed by atoms with Crippen molar-refractivity contribution in [3.63, 3.8) is 0 Å².